The first-order valence-electron chi connectivity index (χ1n) is 12.9. The van der Waals surface area contributed by atoms with Crippen LogP contribution in [0.3, 0.4) is 0 Å². The van der Waals surface area contributed by atoms with Crippen molar-refractivity contribution in [3.05, 3.63) is 72.8 Å². The van der Waals surface area contributed by atoms with Gasteiger partial charge in [-0.1, -0.05) is 138 Å². The van der Waals surface area contributed by atoms with Crippen molar-refractivity contribution in [2.45, 2.75) is 84.5 Å². The third-order valence-corrected chi connectivity index (χ3v) is 9.26. The monoisotopic (exact) mass is 452 g/mol. The van der Waals surface area contributed by atoms with Gasteiger partial charge in [-0.3, -0.25) is 0 Å². The molecule has 2 aromatic rings. The van der Waals surface area contributed by atoms with Gasteiger partial charge in [0.1, 0.15) is 0 Å². The van der Waals surface area contributed by atoms with E-state index in [1.165, 1.54) is 61.7 Å². The van der Waals surface area contributed by atoms with Crippen LogP contribution in [0, 0.1) is 0 Å². The van der Waals surface area contributed by atoms with Gasteiger partial charge in [0, 0.05) is 13.2 Å². The fraction of sp³-hybridized carbons (Fsp3) is 0.517. The summed E-state index contributed by atoms with van der Waals surface area (Å²) in [6, 6.07) is 21.2. The molecular weight excluding hydrogens is 408 g/mol. The van der Waals surface area contributed by atoms with Gasteiger partial charge in [-0.2, -0.15) is 0 Å². The smallest absolute Gasteiger partial charge is 0.388 e. The first kappa shape index (κ1) is 26.6. The minimum Gasteiger partial charge on any atom is -0.388 e. The van der Waals surface area contributed by atoms with E-state index in [0.717, 1.165) is 25.9 Å². The summed E-state index contributed by atoms with van der Waals surface area (Å²) in [5, 5.41) is 2.39. The zero-order chi connectivity index (χ0) is 22.7. The zero-order valence-corrected chi connectivity index (χ0v) is 21.4. The summed E-state index contributed by atoms with van der Waals surface area (Å²) in [7, 11) is -2.73. The molecule has 0 aliphatic rings. The van der Waals surface area contributed by atoms with Crippen molar-refractivity contribution in [1.82, 2.24) is 0 Å². The molecule has 0 bridgehead atoms. The van der Waals surface area contributed by atoms with Crippen LogP contribution in [0.15, 0.2) is 72.8 Å². The Bertz CT molecular complexity index is 675. The molecule has 0 spiro atoms. The lowest BCUT2D eigenvalue weighted by atomic mass is 10.1. The Hall–Kier alpha value is -1.68. The molecule has 0 fully saturated rings. The molecule has 0 saturated heterocycles. The molecule has 32 heavy (non-hydrogen) atoms. The van der Waals surface area contributed by atoms with E-state index in [4.69, 9.17) is 8.85 Å². The van der Waals surface area contributed by atoms with Crippen molar-refractivity contribution in [2.24, 2.45) is 0 Å². The van der Waals surface area contributed by atoms with Crippen LogP contribution in [0.2, 0.25) is 0 Å². The number of hydrogen-bond donors (Lipinski definition) is 0. The van der Waals surface area contributed by atoms with E-state index in [1.54, 1.807) is 0 Å². The van der Waals surface area contributed by atoms with Crippen LogP contribution in [0.25, 0.3) is 0 Å². The fourth-order valence-corrected chi connectivity index (χ4v) is 7.22. The number of benzene rings is 2. The lowest BCUT2D eigenvalue weighted by Gasteiger charge is -2.31. The molecular formula is C29H44O2Si. The van der Waals surface area contributed by atoms with Crippen molar-refractivity contribution >= 4 is 18.9 Å². The molecule has 0 amide bonds. The predicted octanol–water partition coefficient (Wildman–Crippen LogP) is 7.16. The molecule has 0 atom stereocenters. The zero-order valence-electron chi connectivity index (χ0n) is 20.4. The minimum atomic E-state index is -2.73. The van der Waals surface area contributed by atoms with Crippen LogP contribution < -0.4 is 10.4 Å². The average molecular weight is 453 g/mol. The molecule has 2 aromatic carbocycles. The summed E-state index contributed by atoms with van der Waals surface area (Å²) in [5.41, 5.74) is 0. The molecule has 0 aliphatic heterocycles. The van der Waals surface area contributed by atoms with Gasteiger partial charge in [0.05, 0.1) is 0 Å². The Morgan fingerprint density at radius 3 is 1.62 bits per heavy atom. The summed E-state index contributed by atoms with van der Waals surface area (Å²) in [4.78, 5) is 0. The van der Waals surface area contributed by atoms with Gasteiger partial charge in [0.15, 0.2) is 0 Å². The molecule has 2 nitrogen and oxygen atoms in total. The summed E-state index contributed by atoms with van der Waals surface area (Å²) in [5.74, 6) is 0. The highest BCUT2D eigenvalue weighted by Gasteiger charge is 2.42. The Kier molecular flexibility index (Phi) is 14.0. The molecule has 176 valence electrons. The second-order valence-electron chi connectivity index (χ2n) is 8.54. The van der Waals surface area contributed by atoms with Crippen molar-refractivity contribution in [1.29, 1.82) is 0 Å². The van der Waals surface area contributed by atoms with Crippen LogP contribution in [-0.2, 0) is 8.85 Å². The molecule has 0 radical (unpaired) electrons. The third-order valence-electron chi connectivity index (χ3n) is 5.85. The van der Waals surface area contributed by atoms with E-state index in [-0.39, 0.29) is 0 Å². The molecule has 2 rings (SSSR count). The van der Waals surface area contributed by atoms with E-state index in [2.05, 4.69) is 86.7 Å². The molecule has 3 heteroatoms. The minimum absolute atomic E-state index is 0.685. The molecule has 0 aliphatic carbocycles. The number of unbranched alkanes of at least 4 members (excludes halogenated alkanes) is 8. The summed E-state index contributed by atoms with van der Waals surface area (Å²) in [6.45, 7) is 5.89. The Morgan fingerprint density at radius 1 is 0.594 bits per heavy atom. The van der Waals surface area contributed by atoms with Crippen molar-refractivity contribution in [2.75, 3.05) is 13.2 Å². The van der Waals surface area contributed by atoms with Crippen molar-refractivity contribution < 1.29 is 8.85 Å². The van der Waals surface area contributed by atoms with Crippen LogP contribution in [0.4, 0.5) is 0 Å². The topological polar surface area (TPSA) is 18.5 Å². The largest absolute Gasteiger partial charge is 0.407 e. The number of allylic oxidation sites excluding steroid dienone is 1. The first-order valence-corrected chi connectivity index (χ1v) is 14.7. The molecule has 0 saturated carbocycles. The summed E-state index contributed by atoms with van der Waals surface area (Å²) in [6.07, 6.45) is 18.3. The van der Waals surface area contributed by atoms with Crippen LogP contribution in [0.1, 0.15) is 84.5 Å². The van der Waals surface area contributed by atoms with Crippen LogP contribution in [-0.4, -0.2) is 21.8 Å². The number of hydrogen-bond acceptors (Lipinski definition) is 2. The standard InChI is InChI=1S/C29H44O2Si/c1-3-5-7-9-10-11-12-13-21-27-31-32(28-22-16-14-17-23-28,29-24-18-15-19-25-29)30-26-20-8-6-4-2/h6,8,14-19,22-25H,3-5,7,9-13,20-21,26-27H2,1-2H3/b8-6-. The maximum absolute atomic E-state index is 6.76. The highest BCUT2D eigenvalue weighted by molar-refractivity contribution is 6.92. The lowest BCUT2D eigenvalue weighted by Crippen LogP contribution is -2.63. The van der Waals surface area contributed by atoms with Gasteiger partial charge < -0.3 is 8.85 Å². The predicted molar refractivity (Wildman–Crippen MR) is 141 cm³/mol. The highest BCUT2D eigenvalue weighted by atomic mass is 28.4. The average Bonchev–Trinajstić information content (AvgIpc) is 2.85. The Morgan fingerprint density at radius 2 is 1.09 bits per heavy atom. The van der Waals surface area contributed by atoms with Gasteiger partial charge in [-0.25, -0.2) is 0 Å². The van der Waals surface area contributed by atoms with Crippen molar-refractivity contribution in [3.8, 4) is 0 Å². The fourth-order valence-electron chi connectivity index (χ4n) is 4.04. The molecule has 0 N–H and O–H groups in total. The second-order valence-corrected chi connectivity index (χ2v) is 11.5. The summed E-state index contributed by atoms with van der Waals surface area (Å²) < 4.78 is 13.5. The second kappa shape index (κ2) is 16.9. The maximum atomic E-state index is 6.76. The molecule has 0 aromatic heterocycles. The molecule has 0 heterocycles. The SMILES string of the molecule is CC/C=C\CCO[Si](OCCCCCCCCCCC)(c1ccccc1)c1ccccc1. The van der Waals surface area contributed by atoms with Gasteiger partial charge in [-0.15, -0.1) is 0 Å². The van der Waals surface area contributed by atoms with E-state index in [0.29, 0.717) is 6.61 Å². The number of rotatable bonds is 18. The quantitative estimate of drug-likeness (QED) is 0.136. The first-order chi connectivity index (χ1) is 15.8. The van der Waals surface area contributed by atoms with Gasteiger partial charge >= 0.3 is 8.56 Å². The van der Waals surface area contributed by atoms with Crippen LogP contribution in [0.5, 0.6) is 0 Å². The van der Waals surface area contributed by atoms with E-state index in [1.807, 2.05) is 0 Å². The molecule has 0 unspecified atom stereocenters. The normalized spacial score (nSPS) is 11.9. The van der Waals surface area contributed by atoms with E-state index < -0.39 is 8.56 Å². The maximum Gasteiger partial charge on any atom is 0.407 e. The van der Waals surface area contributed by atoms with E-state index >= 15 is 0 Å². The lowest BCUT2D eigenvalue weighted by molar-refractivity contribution is 0.190. The third kappa shape index (κ3) is 9.44. The van der Waals surface area contributed by atoms with Gasteiger partial charge in [0.2, 0.25) is 0 Å². The van der Waals surface area contributed by atoms with Crippen molar-refractivity contribution in [3.63, 3.8) is 0 Å². The Balaban J connectivity index is 1.99. The summed E-state index contributed by atoms with van der Waals surface area (Å²) >= 11 is 0. The van der Waals surface area contributed by atoms with Crippen LogP contribution >= 0.6 is 0 Å². The van der Waals surface area contributed by atoms with Gasteiger partial charge in [0.25, 0.3) is 0 Å². The highest BCUT2D eigenvalue weighted by Crippen LogP contribution is 2.14. The van der Waals surface area contributed by atoms with Gasteiger partial charge in [-0.05, 0) is 29.6 Å². The Labute approximate surface area is 198 Å². The van der Waals surface area contributed by atoms with E-state index in [9.17, 15) is 0 Å².